The predicted octanol–water partition coefficient (Wildman–Crippen LogP) is 1.98. The third-order valence-electron chi connectivity index (χ3n) is 3.78. The zero-order valence-electron chi connectivity index (χ0n) is 12.2. The number of benzene rings is 1. The third kappa shape index (κ3) is 3.35. The molecule has 1 unspecified atom stereocenters. The Bertz CT molecular complexity index is 878. The molecule has 0 saturated carbocycles. The minimum atomic E-state index is -3.13. The second kappa shape index (κ2) is 6.26. The third-order valence-corrected chi connectivity index (χ3v) is 6.86. The average molecular weight is 384 g/mol. The fourth-order valence-corrected chi connectivity index (χ4v) is 5.75. The van der Waals surface area contributed by atoms with E-state index in [9.17, 15) is 23.3 Å². The van der Waals surface area contributed by atoms with Crippen LogP contribution in [0.4, 0.5) is 5.69 Å². The lowest BCUT2D eigenvalue weighted by molar-refractivity contribution is -0.384. The summed E-state index contributed by atoms with van der Waals surface area (Å²) in [4.78, 5) is 24.6. The van der Waals surface area contributed by atoms with Crippen LogP contribution in [0, 0.1) is 10.1 Å². The number of sulfone groups is 1. The lowest BCUT2D eigenvalue weighted by Crippen LogP contribution is -2.39. The minimum Gasteiger partial charge on any atom is -0.289 e. The van der Waals surface area contributed by atoms with Crippen molar-refractivity contribution < 1.29 is 18.1 Å². The number of non-ortho nitro benzene ring substituents is 1. The first-order chi connectivity index (χ1) is 11.3. The summed E-state index contributed by atoms with van der Waals surface area (Å²) in [5, 5.41) is 10.8. The maximum absolute atomic E-state index is 12.6. The van der Waals surface area contributed by atoms with Gasteiger partial charge in [0.15, 0.2) is 9.84 Å². The van der Waals surface area contributed by atoms with Crippen molar-refractivity contribution in [1.82, 2.24) is 4.90 Å². The van der Waals surface area contributed by atoms with E-state index in [1.807, 2.05) is 0 Å². The molecule has 2 fully saturated rings. The lowest BCUT2D eigenvalue weighted by Gasteiger charge is -2.20. The molecule has 1 amide bonds. The number of thiocarbonyl (C=S) groups is 1. The van der Waals surface area contributed by atoms with Crippen molar-refractivity contribution >= 4 is 55.8 Å². The van der Waals surface area contributed by atoms with Crippen molar-refractivity contribution in [2.75, 3.05) is 11.5 Å². The van der Waals surface area contributed by atoms with Gasteiger partial charge in [0.25, 0.3) is 11.6 Å². The zero-order chi connectivity index (χ0) is 17.5. The van der Waals surface area contributed by atoms with Gasteiger partial charge < -0.3 is 0 Å². The molecule has 2 heterocycles. The molecular formula is C14H12N2O5S3. The smallest absolute Gasteiger partial charge is 0.270 e. The highest BCUT2D eigenvalue weighted by molar-refractivity contribution is 8.26. The minimum absolute atomic E-state index is 0.0542. The molecule has 7 nitrogen and oxygen atoms in total. The molecule has 1 aromatic rings. The fourth-order valence-electron chi connectivity index (χ4n) is 2.65. The first kappa shape index (κ1) is 17.1. The topological polar surface area (TPSA) is 97.6 Å². The Kier molecular flexibility index (Phi) is 4.45. The van der Waals surface area contributed by atoms with Gasteiger partial charge in [0.05, 0.1) is 27.4 Å². The number of carbonyl (C=O) groups is 1. The van der Waals surface area contributed by atoms with Crippen LogP contribution in [0.15, 0.2) is 29.2 Å². The van der Waals surface area contributed by atoms with E-state index < -0.39 is 20.8 Å². The monoisotopic (exact) mass is 384 g/mol. The summed E-state index contributed by atoms with van der Waals surface area (Å²) in [5.74, 6) is -0.374. The Balaban J connectivity index is 1.86. The molecule has 0 N–H and O–H groups in total. The number of nitro benzene ring substituents is 1. The van der Waals surface area contributed by atoms with Crippen LogP contribution in [0.25, 0.3) is 6.08 Å². The molecule has 2 saturated heterocycles. The summed E-state index contributed by atoms with van der Waals surface area (Å²) >= 11 is 6.30. The number of carbonyl (C=O) groups excluding carboxylic acids is 1. The molecule has 10 heteroatoms. The molecule has 0 bridgehead atoms. The number of nitrogens with zero attached hydrogens (tertiary/aromatic N) is 2. The number of hydrogen-bond donors (Lipinski definition) is 0. The molecule has 3 rings (SSSR count). The van der Waals surface area contributed by atoms with E-state index in [1.54, 1.807) is 6.07 Å². The summed E-state index contributed by atoms with van der Waals surface area (Å²) in [5.41, 5.74) is 0.449. The molecular weight excluding hydrogens is 372 g/mol. The quantitative estimate of drug-likeness (QED) is 0.340. The Morgan fingerprint density at radius 2 is 2.17 bits per heavy atom. The Hall–Kier alpha value is -1.78. The second-order valence-corrected chi connectivity index (χ2v) is 9.37. The summed E-state index contributed by atoms with van der Waals surface area (Å²) in [7, 11) is -3.13. The van der Waals surface area contributed by atoms with Crippen LogP contribution in [0.1, 0.15) is 12.0 Å². The Morgan fingerprint density at radius 1 is 1.42 bits per heavy atom. The van der Waals surface area contributed by atoms with Crippen LogP contribution >= 0.6 is 24.0 Å². The van der Waals surface area contributed by atoms with Crippen molar-refractivity contribution in [3.8, 4) is 0 Å². The second-order valence-electron chi connectivity index (χ2n) is 5.46. The molecule has 0 aromatic heterocycles. The van der Waals surface area contributed by atoms with Crippen molar-refractivity contribution in [3.63, 3.8) is 0 Å². The maximum Gasteiger partial charge on any atom is 0.270 e. The lowest BCUT2D eigenvalue weighted by atomic mass is 10.1. The Labute approximate surface area is 147 Å². The highest BCUT2D eigenvalue weighted by atomic mass is 32.2. The number of nitro groups is 1. The molecule has 0 radical (unpaired) electrons. The van der Waals surface area contributed by atoms with Gasteiger partial charge in [-0.2, -0.15) is 0 Å². The van der Waals surface area contributed by atoms with Gasteiger partial charge in [0.1, 0.15) is 4.32 Å². The van der Waals surface area contributed by atoms with Crippen LogP contribution in [0.3, 0.4) is 0 Å². The molecule has 2 aliphatic rings. The van der Waals surface area contributed by atoms with Crippen LogP contribution in [-0.2, 0) is 14.6 Å². The van der Waals surface area contributed by atoms with E-state index in [0.717, 1.165) is 11.8 Å². The van der Waals surface area contributed by atoms with Crippen LogP contribution in [0.2, 0.25) is 0 Å². The maximum atomic E-state index is 12.6. The molecule has 1 aromatic carbocycles. The van der Waals surface area contributed by atoms with Gasteiger partial charge in [0.2, 0.25) is 0 Å². The molecule has 2 aliphatic heterocycles. The van der Waals surface area contributed by atoms with Gasteiger partial charge in [-0.1, -0.05) is 36.1 Å². The highest BCUT2D eigenvalue weighted by Crippen LogP contribution is 2.36. The van der Waals surface area contributed by atoms with Gasteiger partial charge in [-0.05, 0) is 18.1 Å². The largest absolute Gasteiger partial charge is 0.289 e. The van der Waals surface area contributed by atoms with Gasteiger partial charge in [-0.15, -0.1) is 0 Å². The van der Waals surface area contributed by atoms with Crippen LogP contribution in [-0.4, -0.2) is 46.0 Å². The SMILES string of the molecule is O=C1/C(=C\c2cccc([N+](=O)[O-])c2)SC(=S)N1C1CCS(=O)(=O)C1. The standard InChI is InChI=1S/C14H12N2O5S3/c17-13-12(7-9-2-1-3-10(6-9)16(18)19)23-14(22)15(13)11-4-5-24(20,21)8-11/h1-3,6-7,11H,4-5,8H2/b12-7+. The number of thioether (sulfide) groups is 1. The summed E-state index contributed by atoms with van der Waals surface area (Å²) < 4.78 is 23.6. The van der Waals surface area contributed by atoms with Crippen LogP contribution < -0.4 is 0 Å². The summed E-state index contributed by atoms with van der Waals surface area (Å²) in [6.45, 7) is 0. The number of rotatable bonds is 3. The van der Waals surface area contributed by atoms with Crippen LogP contribution in [0.5, 0.6) is 0 Å². The molecule has 24 heavy (non-hydrogen) atoms. The predicted molar refractivity (Wildman–Crippen MR) is 95.2 cm³/mol. The fraction of sp³-hybridized carbons (Fsp3) is 0.286. The molecule has 126 valence electrons. The van der Waals surface area contributed by atoms with E-state index >= 15 is 0 Å². The van der Waals surface area contributed by atoms with Crippen molar-refractivity contribution in [2.24, 2.45) is 0 Å². The first-order valence-corrected chi connectivity index (χ1v) is 10.0. The zero-order valence-corrected chi connectivity index (χ0v) is 14.7. The van der Waals surface area contributed by atoms with Crippen molar-refractivity contribution in [2.45, 2.75) is 12.5 Å². The average Bonchev–Trinajstić information content (AvgIpc) is 2.99. The van der Waals surface area contributed by atoms with E-state index in [2.05, 4.69) is 0 Å². The van der Waals surface area contributed by atoms with Crippen molar-refractivity contribution in [3.05, 3.63) is 44.8 Å². The van der Waals surface area contributed by atoms with E-state index in [0.29, 0.717) is 21.2 Å². The van der Waals surface area contributed by atoms with Gasteiger partial charge >= 0.3 is 0 Å². The molecule has 1 atom stereocenters. The molecule has 0 spiro atoms. The number of amides is 1. The van der Waals surface area contributed by atoms with Gasteiger partial charge in [0, 0.05) is 12.1 Å². The van der Waals surface area contributed by atoms with Crippen molar-refractivity contribution in [1.29, 1.82) is 0 Å². The molecule has 0 aliphatic carbocycles. The summed E-state index contributed by atoms with van der Waals surface area (Å²) in [6, 6.07) is 5.49. The van der Waals surface area contributed by atoms with E-state index in [-0.39, 0.29) is 23.1 Å². The highest BCUT2D eigenvalue weighted by Gasteiger charge is 2.42. The summed E-state index contributed by atoms with van der Waals surface area (Å²) in [6.07, 6.45) is 1.91. The Morgan fingerprint density at radius 3 is 2.79 bits per heavy atom. The number of hydrogen-bond acceptors (Lipinski definition) is 7. The van der Waals surface area contributed by atoms with E-state index in [4.69, 9.17) is 12.2 Å². The van der Waals surface area contributed by atoms with E-state index in [1.165, 1.54) is 29.2 Å². The van der Waals surface area contributed by atoms with Gasteiger partial charge in [-0.25, -0.2) is 8.42 Å². The van der Waals surface area contributed by atoms with Gasteiger partial charge in [-0.3, -0.25) is 19.8 Å². The normalized spacial score (nSPS) is 24.8. The first-order valence-electron chi connectivity index (χ1n) is 6.99.